The summed E-state index contributed by atoms with van der Waals surface area (Å²) in [5.41, 5.74) is 0.642. The number of carbonyl (C=O) groups is 2. The first-order valence-electron chi connectivity index (χ1n) is 12.2. The first kappa shape index (κ1) is 22.5. The van der Waals surface area contributed by atoms with Gasteiger partial charge in [-0.1, -0.05) is 18.9 Å². The van der Waals surface area contributed by atoms with Gasteiger partial charge in [0, 0.05) is 6.42 Å². The Hall–Kier alpha value is -4.01. The minimum Gasteiger partial charge on any atom is -0.486 e. The number of carbonyl (C=O) groups excluding carboxylic acids is 2. The van der Waals surface area contributed by atoms with Crippen LogP contribution in [0, 0.1) is 0 Å². The van der Waals surface area contributed by atoms with E-state index in [0.29, 0.717) is 61.2 Å². The zero-order valence-corrected chi connectivity index (χ0v) is 19.7. The van der Waals surface area contributed by atoms with Gasteiger partial charge >= 0.3 is 5.97 Å². The number of furan rings is 2. The maximum atomic E-state index is 13.5. The van der Waals surface area contributed by atoms with Crippen LogP contribution < -0.4 is 9.47 Å². The minimum absolute atomic E-state index is 0.408. The van der Waals surface area contributed by atoms with E-state index in [-0.39, 0.29) is 0 Å². The van der Waals surface area contributed by atoms with Crippen LogP contribution in [0.25, 0.3) is 0 Å². The summed E-state index contributed by atoms with van der Waals surface area (Å²) in [5, 5.41) is 5.82. The van der Waals surface area contributed by atoms with Gasteiger partial charge in [0.05, 0.1) is 17.9 Å². The Balaban J connectivity index is 1.20. The minimum atomic E-state index is -0.815. The Morgan fingerprint density at radius 2 is 1.78 bits per heavy atom. The molecule has 36 heavy (non-hydrogen) atoms. The highest BCUT2D eigenvalue weighted by atomic mass is 16.6. The Morgan fingerprint density at radius 1 is 1.00 bits per heavy atom. The van der Waals surface area contributed by atoms with Crippen LogP contribution in [0.2, 0.25) is 0 Å². The van der Waals surface area contributed by atoms with Crippen molar-refractivity contribution in [2.75, 3.05) is 19.8 Å². The smallest absolute Gasteiger partial charge is 0.317 e. The maximum Gasteiger partial charge on any atom is 0.317 e. The molecular formula is C27H26N2O7. The van der Waals surface area contributed by atoms with E-state index in [2.05, 4.69) is 5.10 Å². The van der Waals surface area contributed by atoms with Crippen LogP contribution in [-0.2, 0) is 19.7 Å². The normalized spacial score (nSPS) is 20.3. The van der Waals surface area contributed by atoms with Crippen LogP contribution in [0.5, 0.6) is 11.5 Å². The molecule has 1 aromatic carbocycles. The third-order valence-electron chi connectivity index (χ3n) is 7.11. The SMILES string of the molecule is O=C(COC(=O)C1(c2ccc3c(c2)OCCO3)CCCC1)N1N=C(c2ccco2)CC1c1ccco1. The van der Waals surface area contributed by atoms with Crippen molar-refractivity contribution < 1.29 is 32.6 Å². The van der Waals surface area contributed by atoms with Gasteiger partial charge in [0.1, 0.15) is 36.5 Å². The summed E-state index contributed by atoms with van der Waals surface area (Å²) in [5.74, 6) is 1.65. The van der Waals surface area contributed by atoms with Crippen molar-refractivity contribution in [2.45, 2.75) is 43.6 Å². The molecule has 1 fully saturated rings. The van der Waals surface area contributed by atoms with E-state index in [1.807, 2.05) is 18.2 Å². The topological polar surface area (TPSA) is 104 Å². The van der Waals surface area contributed by atoms with E-state index in [1.54, 1.807) is 36.8 Å². The number of ether oxygens (including phenoxy) is 3. The van der Waals surface area contributed by atoms with Crippen molar-refractivity contribution in [3.8, 4) is 11.5 Å². The molecule has 0 N–H and O–H groups in total. The van der Waals surface area contributed by atoms with Crippen molar-refractivity contribution >= 4 is 17.6 Å². The van der Waals surface area contributed by atoms with Gasteiger partial charge in [-0.2, -0.15) is 5.10 Å². The first-order chi connectivity index (χ1) is 17.6. The molecule has 1 aliphatic carbocycles. The van der Waals surface area contributed by atoms with Gasteiger partial charge in [0.15, 0.2) is 18.1 Å². The molecule has 1 saturated carbocycles. The quantitative estimate of drug-likeness (QED) is 0.473. The molecule has 2 aliphatic heterocycles. The fourth-order valence-electron chi connectivity index (χ4n) is 5.30. The van der Waals surface area contributed by atoms with Gasteiger partial charge in [-0.25, -0.2) is 5.01 Å². The molecule has 0 radical (unpaired) electrons. The monoisotopic (exact) mass is 490 g/mol. The van der Waals surface area contributed by atoms with Crippen molar-refractivity contribution in [2.24, 2.45) is 5.10 Å². The fraction of sp³-hybridized carbons (Fsp3) is 0.370. The Morgan fingerprint density at radius 3 is 2.53 bits per heavy atom. The molecule has 2 aromatic heterocycles. The standard InChI is InChI=1S/C27H26N2O7/c30-25(29-20(22-6-4-12-33-22)16-19(28-29)21-5-3-11-32-21)17-36-26(31)27(9-1-2-10-27)18-7-8-23-24(15-18)35-14-13-34-23/h3-8,11-12,15,20H,1-2,9-10,13-14,16-17H2. The van der Waals surface area contributed by atoms with Crippen LogP contribution in [0.3, 0.4) is 0 Å². The molecule has 0 spiro atoms. The molecule has 9 nitrogen and oxygen atoms in total. The number of hydrazone groups is 1. The zero-order chi connectivity index (χ0) is 24.5. The molecule has 0 saturated heterocycles. The molecule has 9 heteroatoms. The molecule has 3 aromatic rings. The molecule has 0 bridgehead atoms. The van der Waals surface area contributed by atoms with E-state index in [9.17, 15) is 9.59 Å². The van der Waals surface area contributed by atoms with Gasteiger partial charge in [0.25, 0.3) is 5.91 Å². The Labute approximate surface area is 207 Å². The van der Waals surface area contributed by atoms with Gasteiger partial charge < -0.3 is 23.0 Å². The van der Waals surface area contributed by atoms with Crippen LogP contribution in [0.15, 0.2) is 68.9 Å². The van der Waals surface area contributed by atoms with Gasteiger partial charge in [-0.3, -0.25) is 9.59 Å². The number of hydrogen-bond acceptors (Lipinski definition) is 8. The van der Waals surface area contributed by atoms with Gasteiger partial charge in [-0.05, 0) is 54.8 Å². The largest absolute Gasteiger partial charge is 0.486 e. The number of hydrogen-bond donors (Lipinski definition) is 0. The molecule has 3 aliphatic rings. The maximum absolute atomic E-state index is 13.5. The van der Waals surface area contributed by atoms with Crippen LogP contribution in [0.4, 0.5) is 0 Å². The molecule has 6 rings (SSSR count). The van der Waals surface area contributed by atoms with E-state index in [4.69, 9.17) is 23.0 Å². The lowest BCUT2D eigenvalue weighted by Crippen LogP contribution is -2.38. The molecule has 1 unspecified atom stereocenters. The summed E-state index contributed by atoms with van der Waals surface area (Å²) in [6.07, 6.45) is 6.66. The second kappa shape index (κ2) is 9.22. The molecule has 1 atom stereocenters. The van der Waals surface area contributed by atoms with Crippen molar-refractivity contribution in [3.05, 3.63) is 72.1 Å². The Kier molecular flexibility index (Phi) is 5.75. The van der Waals surface area contributed by atoms with Crippen LogP contribution in [-0.4, -0.2) is 42.4 Å². The average molecular weight is 491 g/mol. The molecule has 186 valence electrons. The summed E-state index contributed by atoms with van der Waals surface area (Å²) in [6, 6.07) is 12.3. The third-order valence-corrected chi connectivity index (χ3v) is 7.11. The summed E-state index contributed by atoms with van der Waals surface area (Å²) in [7, 11) is 0. The average Bonchev–Trinajstić information content (AvgIpc) is 3.72. The lowest BCUT2D eigenvalue weighted by molar-refractivity contribution is -0.157. The fourth-order valence-corrected chi connectivity index (χ4v) is 5.30. The zero-order valence-electron chi connectivity index (χ0n) is 19.7. The number of esters is 1. The third kappa shape index (κ3) is 3.94. The van der Waals surface area contributed by atoms with Crippen molar-refractivity contribution in [1.82, 2.24) is 5.01 Å². The number of rotatable bonds is 6. The van der Waals surface area contributed by atoms with Gasteiger partial charge in [-0.15, -0.1) is 0 Å². The summed E-state index contributed by atoms with van der Waals surface area (Å²) >= 11 is 0. The van der Waals surface area contributed by atoms with Gasteiger partial charge in [0.2, 0.25) is 0 Å². The molecule has 1 amide bonds. The second-order valence-electron chi connectivity index (χ2n) is 9.22. The van der Waals surface area contributed by atoms with Crippen molar-refractivity contribution in [1.29, 1.82) is 0 Å². The highest BCUT2D eigenvalue weighted by Crippen LogP contribution is 2.45. The van der Waals surface area contributed by atoms with E-state index >= 15 is 0 Å². The molecule has 4 heterocycles. The second-order valence-corrected chi connectivity index (χ2v) is 9.22. The van der Waals surface area contributed by atoms with E-state index < -0.39 is 29.9 Å². The summed E-state index contributed by atoms with van der Waals surface area (Å²) in [6.45, 7) is 0.550. The number of fused-ring (bicyclic) bond motifs is 1. The molecular weight excluding hydrogens is 464 g/mol. The first-order valence-corrected chi connectivity index (χ1v) is 12.2. The van der Waals surface area contributed by atoms with Crippen molar-refractivity contribution in [3.63, 3.8) is 0 Å². The number of benzene rings is 1. The predicted octanol–water partition coefficient (Wildman–Crippen LogP) is 4.38. The highest BCUT2D eigenvalue weighted by molar-refractivity contribution is 6.01. The predicted molar refractivity (Wildman–Crippen MR) is 127 cm³/mol. The summed E-state index contributed by atoms with van der Waals surface area (Å²) < 4.78 is 28.1. The Bertz CT molecular complexity index is 1270. The number of amides is 1. The van der Waals surface area contributed by atoms with Crippen LogP contribution in [0.1, 0.15) is 55.2 Å². The van der Waals surface area contributed by atoms with E-state index in [0.717, 1.165) is 18.4 Å². The number of nitrogens with zero attached hydrogens (tertiary/aromatic N) is 2. The summed E-state index contributed by atoms with van der Waals surface area (Å²) in [4.78, 5) is 26.7. The highest BCUT2D eigenvalue weighted by Gasteiger charge is 2.45. The lowest BCUT2D eigenvalue weighted by atomic mass is 9.78. The lowest BCUT2D eigenvalue weighted by Gasteiger charge is -2.29. The van der Waals surface area contributed by atoms with Crippen LogP contribution >= 0.6 is 0 Å². The van der Waals surface area contributed by atoms with E-state index in [1.165, 1.54) is 5.01 Å².